The topological polar surface area (TPSA) is 26.3 Å². The second kappa shape index (κ2) is 10.3. The molecule has 0 bridgehead atoms. The van der Waals surface area contributed by atoms with Crippen LogP contribution < -0.4 is 0 Å². The first-order valence-corrected chi connectivity index (χ1v) is 6.34. The smallest absolute Gasteiger partial charge is 0.302 e. The highest BCUT2D eigenvalue weighted by molar-refractivity contribution is 6.20. The molecular formula is C12H23ClO2. The lowest BCUT2D eigenvalue weighted by Gasteiger charge is -2.03. The van der Waals surface area contributed by atoms with Crippen LogP contribution in [0.4, 0.5) is 0 Å². The van der Waals surface area contributed by atoms with Gasteiger partial charge in [0.15, 0.2) is 0 Å². The zero-order valence-electron chi connectivity index (χ0n) is 9.93. The molecular weight excluding hydrogens is 212 g/mol. The van der Waals surface area contributed by atoms with Crippen LogP contribution in [0.25, 0.3) is 0 Å². The second-order valence-corrected chi connectivity index (χ2v) is 4.78. The Bertz CT molecular complexity index is 158. The largest absolute Gasteiger partial charge is 0.466 e. The van der Waals surface area contributed by atoms with Crippen molar-refractivity contribution in [2.75, 3.05) is 6.61 Å². The third kappa shape index (κ3) is 13.8. The highest BCUT2D eigenvalue weighted by Gasteiger charge is 1.96. The maximum Gasteiger partial charge on any atom is 0.302 e. The van der Waals surface area contributed by atoms with Gasteiger partial charge in [-0.2, -0.15) is 0 Å². The molecule has 0 aliphatic heterocycles. The summed E-state index contributed by atoms with van der Waals surface area (Å²) in [6.07, 6.45) is 8.27. The van der Waals surface area contributed by atoms with E-state index in [4.69, 9.17) is 16.3 Å². The van der Waals surface area contributed by atoms with E-state index in [0.29, 0.717) is 12.0 Å². The van der Waals surface area contributed by atoms with Crippen molar-refractivity contribution < 1.29 is 9.53 Å². The fourth-order valence-electron chi connectivity index (χ4n) is 1.45. The van der Waals surface area contributed by atoms with Crippen molar-refractivity contribution in [1.29, 1.82) is 0 Å². The van der Waals surface area contributed by atoms with Crippen LogP contribution in [0.2, 0.25) is 0 Å². The Morgan fingerprint density at radius 1 is 1.13 bits per heavy atom. The first kappa shape index (κ1) is 14.8. The number of unbranched alkanes of at least 4 members (excludes halogenated alkanes) is 5. The number of alkyl halides is 1. The monoisotopic (exact) mass is 234 g/mol. The van der Waals surface area contributed by atoms with Gasteiger partial charge in [0, 0.05) is 12.3 Å². The number of esters is 1. The number of carbonyl (C=O) groups excluding carboxylic acids is 1. The van der Waals surface area contributed by atoms with Crippen LogP contribution >= 0.6 is 11.6 Å². The van der Waals surface area contributed by atoms with Gasteiger partial charge in [-0.05, 0) is 19.8 Å². The maximum atomic E-state index is 10.4. The molecule has 15 heavy (non-hydrogen) atoms. The van der Waals surface area contributed by atoms with E-state index >= 15 is 0 Å². The zero-order chi connectivity index (χ0) is 11.5. The van der Waals surface area contributed by atoms with Crippen molar-refractivity contribution >= 4 is 17.6 Å². The molecule has 0 aromatic carbocycles. The van der Waals surface area contributed by atoms with Crippen LogP contribution in [-0.4, -0.2) is 18.0 Å². The number of rotatable bonds is 9. The third-order valence-corrected chi connectivity index (χ3v) is 2.52. The summed E-state index contributed by atoms with van der Waals surface area (Å²) < 4.78 is 4.84. The van der Waals surface area contributed by atoms with Gasteiger partial charge in [0.2, 0.25) is 0 Å². The molecule has 3 heteroatoms. The van der Waals surface area contributed by atoms with E-state index in [0.717, 1.165) is 19.3 Å². The lowest BCUT2D eigenvalue weighted by atomic mass is 10.1. The van der Waals surface area contributed by atoms with Crippen LogP contribution in [0.5, 0.6) is 0 Å². The zero-order valence-corrected chi connectivity index (χ0v) is 10.7. The highest BCUT2D eigenvalue weighted by atomic mass is 35.5. The van der Waals surface area contributed by atoms with E-state index < -0.39 is 0 Å². The molecule has 0 saturated carbocycles. The number of ether oxygens (including phenoxy) is 1. The van der Waals surface area contributed by atoms with Crippen molar-refractivity contribution in [3.05, 3.63) is 0 Å². The van der Waals surface area contributed by atoms with Crippen LogP contribution in [0, 0.1) is 0 Å². The summed E-state index contributed by atoms with van der Waals surface area (Å²) in [6.45, 7) is 4.07. The minimum Gasteiger partial charge on any atom is -0.466 e. The quantitative estimate of drug-likeness (QED) is 0.344. The minimum absolute atomic E-state index is 0.175. The Labute approximate surface area is 98.3 Å². The van der Waals surface area contributed by atoms with Crippen molar-refractivity contribution in [1.82, 2.24) is 0 Å². The fraction of sp³-hybridized carbons (Fsp3) is 0.917. The molecule has 0 aromatic rings. The van der Waals surface area contributed by atoms with Gasteiger partial charge >= 0.3 is 5.97 Å². The lowest BCUT2D eigenvalue weighted by molar-refractivity contribution is -0.141. The van der Waals surface area contributed by atoms with Gasteiger partial charge in [0.25, 0.3) is 0 Å². The van der Waals surface area contributed by atoms with Gasteiger partial charge in [0.1, 0.15) is 0 Å². The minimum atomic E-state index is -0.175. The molecule has 1 atom stereocenters. The first-order chi connectivity index (χ1) is 7.13. The van der Waals surface area contributed by atoms with E-state index in [1.54, 1.807) is 0 Å². The Hall–Kier alpha value is -0.240. The molecule has 2 nitrogen and oxygen atoms in total. The van der Waals surface area contributed by atoms with Crippen LogP contribution in [0.3, 0.4) is 0 Å². The standard InChI is InChI=1S/C12H23ClO2/c1-11(13)9-7-5-3-4-6-8-10-15-12(2)14/h11H,3-10H2,1-2H3. The predicted molar refractivity (Wildman–Crippen MR) is 64.3 cm³/mol. The Balaban J connectivity index is 2.96. The molecule has 0 saturated heterocycles. The Morgan fingerprint density at radius 2 is 1.67 bits per heavy atom. The average Bonchev–Trinajstić information content (AvgIpc) is 2.14. The molecule has 0 fully saturated rings. The van der Waals surface area contributed by atoms with Crippen LogP contribution in [0.15, 0.2) is 0 Å². The molecule has 90 valence electrons. The highest BCUT2D eigenvalue weighted by Crippen LogP contribution is 2.11. The van der Waals surface area contributed by atoms with Gasteiger partial charge in [-0.3, -0.25) is 4.79 Å². The van der Waals surface area contributed by atoms with Crippen molar-refractivity contribution in [3.63, 3.8) is 0 Å². The third-order valence-electron chi connectivity index (χ3n) is 2.30. The summed E-state index contributed by atoms with van der Waals surface area (Å²) in [5.41, 5.74) is 0. The average molecular weight is 235 g/mol. The van der Waals surface area contributed by atoms with Crippen LogP contribution in [-0.2, 0) is 9.53 Å². The van der Waals surface area contributed by atoms with Gasteiger partial charge in [-0.25, -0.2) is 0 Å². The molecule has 0 rings (SSSR count). The normalized spacial score (nSPS) is 12.5. The second-order valence-electron chi connectivity index (χ2n) is 4.03. The summed E-state index contributed by atoms with van der Waals surface area (Å²) in [6, 6.07) is 0. The van der Waals surface area contributed by atoms with E-state index in [2.05, 4.69) is 0 Å². The summed E-state index contributed by atoms with van der Waals surface area (Å²) in [7, 11) is 0. The van der Waals surface area contributed by atoms with E-state index in [1.807, 2.05) is 6.92 Å². The van der Waals surface area contributed by atoms with E-state index in [-0.39, 0.29) is 5.97 Å². The summed E-state index contributed by atoms with van der Waals surface area (Å²) in [5, 5.41) is 0.314. The molecule has 0 amide bonds. The molecule has 0 N–H and O–H groups in total. The maximum absolute atomic E-state index is 10.4. The molecule has 0 aliphatic carbocycles. The number of halogens is 1. The van der Waals surface area contributed by atoms with E-state index in [9.17, 15) is 4.79 Å². The summed E-state index contributed by atoms with van der Waals surface area (Å²) in [5.74, 6) is -0.175. The van der Waals surface area contributed by atoms with Gasteiger partial charge in [-0.15, -0.1) is 11.6 Å². The Morgan fingerprint density at radius 3 is 2.20 bits per heavy atom. The van der Waals surface area contributed by atoms with Gasteiger partial charge in [-0.1, -0.05) is 32.1 Å². The van der Waals surface area contributed by atoms with Gasteiger partial charge < -0.3 is 4.74 Å². The molecule has 0 aromatic heterocycles. The first-order valence-electron chi connectivity index (χ1n) is 5.90. The number of hydrogen-bond acceptors (Lipinski definition) is 2. The molecule has 1 unspecified atom stereocenters. The Kier molecular flexibility index (Phi) is 10.1. The molecule has 0 radical (unpaired) electrons. The lowest BCUT2D eigenvalue weighted by Crippen LogP contribution is -2.00. The summed E-state index contributed by atoms with van der Waals surface area (Å²) in [4.78, 5) is 10.4. The van der Waals surface area contributed by atoms with Crippen LogP contribution in [0.1, 0.15) is 58.8 Å². The number of hydrogen-bond donors (Lipinski definition) is 0. The van der Waals surface area contributed by atoms with Crippen molar-refractivity contribution in [2.24, 2.45) is 0 Å². The van der Waals surface area contributed by atoms with E-state index in [1.165, 1.54) is 32.6 Å². The predicted octanol–water partition coefficient (Wildman–Crippen LogP) is 3.91. The molecule has 0 spiro atoms. The number of carbonyl (C=O) groups is 1. The summed E-state index contributed by atoms with van der Waals surface area (Å²) >= 11 is 5.84. The van der Waals surface area contributed by atoms with Crippen molar-refractivity contribution in [2.45, 2.75) is 64.2 Å². The van der Waals surface area contributed by atoms with Gasteiger partial charge in [0.05, 0.1) is 6.61 Å². The molecule has 0 heterocycles. The molecule has 0 aliphatic rings. The fourth-order valence-corrected chi connectivity index (χ4v) is 1.60. The van der Waals surface area contributed by atoms with Crippen molar-refractivity contribution in [3.8, 4) is 0 Å². The SMILES string of the molecule is CC(=O)OCCCCCCCCC(C)Cl.